The average Bonchev–Trinajstić information content (AvgIpc) is 3.11. The zero-order valence-electron chi connectivity index (χ0n) is 16.4. The van der Waals surface area contributed by atoms with Gasteiger partial charge in [0.15, 0.2) is 0 Å². The first-order valence-corrected chi connectivity index (χ1v) is 9.88. The van der Waals surface area contributed by atoms with Crippen LogP contribution >= 0.6 is 0 Å². The maximum atomic E-state index is 6.59. The minimum absolute atomic E-state index is 0.0650. The van der Waals surface area contributed by atoms with Gasteiger partial charge < -0.3 is 19.7 Å². The predicted molar refractivity (Wildman–Crippen MR) is 105 cm³/mol. The normalized spacial score (nSPS) is 21.8. The van der Waals surface area contributed by atoms with Gasteiger partial charge in [0, 0.05) is 70.1 Å². The number of nitrogens with one attached hydrogen (secondary N) is 1. The van der Waals surface area contributed by atoms with Crippen molar-refractivity contribution >= 4 is 0 Å². The van der Waals surface area contributed by atoms with Gasteiger partial charge in [0.1, 0.15) is 11.4 Å². The fourth-order valence-corrected chi connectivity index (χ4v) is 4.32. The van der Waals surface area contributed by atoms with Gasteiger partial charge in [-0.1, -0.05) is 18.2 Å². The monoisotopic (exact) mass is 370 g/mol. The van der Waals surface area contributed by atoms with Gasteiger partial charge in [-0.05, 0) is 18.9 Å². The average molecular weight is 370 g/mol. The molecule has 0 aliphatic carbocycles. The predicted octanol–water partition coefficient (Wildman–Crippen LogP) is 2.51. The summed E-state index contributed by atoms with van der Waals surface area (Å²) in [6.45, 7) is 4.77. The van der Waals surface area contributed by atoms with Crippen LogP contribution in [0, 0.1) is 0 Å². The number of para-hydroxylation sites is 1. The molecule has 2 aromatic rings. The molecule has 1 unspecified atom stereocenters. The molecule has 1 aromatic carbocycles. The maximum Gasteiger partial charge on any atom is 0.124 e. The van der Waals surface area contributed by atoms with Crippen molar-refractivity contribution in [1.29, 1.82) is 0 Å². The molecule has 4 rings (SSSR count). The number of aryl methyl sites for hydroxylation is 1. The highest BCUT2D eigenvalue weighted by molar-refractivity contribution is 5.39. The molecule has 0 amide bonds. The lowest BCUT2D eigenvalue weighted by Crippen LogP contribution is -2.52. The van der Waals surface area contributed by atoms with Gasteiger partial charge in [-0.2, -0.15) is 5.10 Å². The second kappa shape index (κ2) is 8.00. The van der Waals surface area contributed by atoms with Gasteiger partial charge in [-0.25, -0.2) is 0 Å². The van der Waals surface area contributed by atoms with E-state index in [1.807, 2.05) is 17.9 Å². The molecule has 2 aliphatic heterocycles. The van der Waals surface area contributed by atoms with Crippen LogP contribution in [0.15, 0.2) is 36.7 Å². The SMILES string of the molecule is COCCN1CCC2(CC1)CC(NCc1cnn(C)c1)c1ccccc1O2. The lowest BCUT2D eigenvalue weighted by atomic mass is 9.80. The summed E-state index contributed by atoms with van der Waals surface area (Å²) >= 11 is 0. The highest BCUT2D eigenvalue weighted by Crippen LogP contribution is 2.44. The summed E-state index contributed by atoms with van der Waals surface area (Å²) in [5, 5.41) is 8.03. The fourth-order valence-electron chi connectivity index (χ4n) is 4.32. The van der Waals surface area contributed by atoms with E-state index in [0.29, 0.717) is 6.04 Å². The number of aromatic nitrogens is 2. The van der Waals surface area contributed by atoms with Gasteiger partial charge in [-0.3, -0.25) is 4.68 Å². The summed E-state index contributed by atoms with van der Waals surface area (Å²) in [5.74, 6) is 1.04. The van der Waals surface area contributed by atoms with E-state index in [1.165, 1.54) is 11.1 Å². The molecule has 0 radical (unpaired) electrons. The molecule has 3 heterocycles. The first-order valence-electron chi connectivity index (χ1n) is 9.88. The van der Waals surface area contributed by atoms with Crippen molar-refractivity contribution in [3.05, 3.63) is 47.8 Å². The van der Waals surface area contributed by atoms with Crippen molar-refractivity contribution in [2.45, 2.75) is 37.5 Å². The number of fused-ring (bicyclic) bond motifs is 1. The quantitative estimate of drug-likeness (QED) is 0.847. The van der Waals surface area contributed by atoms with E-state index in [9.17, 15) is 0 Å². The number of methoxy groups -OCH3 is 1. The fraction of sp³-hybridized carbons (Fsp3) is 0.571. The number of likely N-dealkylation sites (tertiary alicyclic amines) is 1. The van der Waals surface area contributed by atoms with E-state index in [4.69, 9.17) is 9.47 Å². The van der Waals surface area contributed by atoms with Crippen LogP contribution in [0.3, 0.4) is 0 Å². The summed E-state index contributed by atoms with van der Waals surface area (Å²) in [6, 6.07) is 8.79. The second-order valence-electron chi connectivity index (χ2n) is 7.82. The number of piperidine rings is 1. The number of benzene rings is 1. The third-order valence-electron chi connectivity index (χ3n) is 5.89. The third kappa shape index (κ3) is 4.18. The molecule has 2 aliphatic rings. The topological polar surface area (TPSA) is 51.5 Å². The van der Waals surface area contributed by atoms with Gasteiger partial charge >= 0.3 is 0 Å². The molecule has 0 saturated carbocycles. The lowest BCUT2D eigenvalue weighted by molar-refractivity contribution is -0.0289. The van der Waals surface area contributed by atoms with Gasteiger partial charge in [0.2, 0.25) is 0 Å². The first-order chi connectivity index (χ1) is 13.2. The number of rotatable bonds is 6. The van der Waals surface area contributed by atoms with Crippen LogP contribution in [-0.4, -0.2) is 53.6 Å². The Labute approximate surface area is 161 Å². The van der Waals surface area contributed by atoms with Crippen molar-refractivity contribution in [2.75, 3.05) is 33.4 Å². The molecular formula is C21H30N4O2. The van der Waals surface area contributed by atoms with Crippen molar-refractivity contribution in [1.82, 2.24) is 20.0 Å². The van der Waals surface area contributed by atoms with Crippen LogP contribution in [0.4, 0.5) is 0 Å². The lowest BCUT2D eigenvalue weighted by Gasteiger charge is -2.47. The van der Waals surface area contributed by atoms with Gasteiger partial charge in [0.25, 0.3) is 0 Å². The second-order valence-corrected chi connectivity index (χ2v) is 7.82. The Morgan fingerprint density at radius 2 is 2.11 bits per heavy atom. The molecule has 0 bridgehead atoms. The summed E-state index contributed by atoms with van der Waals surface area (Å²) in [5.41, 5.74) is 2.42. The van der Waals surface area contributed by atoms with Crippen LogP contribution in [0.2, 0.25) is 0 Å². The standard InChI is InChI=1S/C21H30N4O2/c1-24-16-17(15-23-24)14-22-19-13-21(27-20-6-4-3-5-18(19)20)7-9-25(10-8-21)11-12-26-2/h3-6,15-16,19,22H,7-14H2,1-2H3. The van der Waals surface area contributed by atoms with Crippen LogP contribution in [-0.2, 0) is 18.3 Å². The van der Waals surface area contributed by atoms with Crippen molar-refractivity contribution in [3.63, 3.8) is 0 Å². The van der Waals surface area contributed by atoms with Crippen molar-refractivity contribution in [2.24, 2.45) is 7.05 Å². The van der Waals surface area contributed by atoms with E-state index < -0.39 is 0 Å². The van der Waals surface area contributed by atoms with Crippen molar-refractivity contribution in [3.8, 4) is 5.75 Å². The van der Waals surface area contributed by atoms with Crippen LogP contribution < -0.4 is 10.1 Å². The minimum Gasteiger partial charge on any atom is -0.487 e. The van der Waals surface area contributed by atoms with Gasteiger partial charge in [0.05, 0.1) is 12.8 Å². The van der Waals surface area contributed by atoms with Gasteiger partial charge in [-0.15, -0.1) is 0 Å². The zero-order valence-corrected chi connectivity index (χ0v) is 16.4. The minimum atomic E-state index is -0.0650. The maximum absolute atomic E-state index is 6.59. The van der Waals surface area contributed by atoms with E-state index in [-0.39, 0.29) is 5.60 Å². The Balaban J connectivity index is 1.46. The number of hydrogen-bond acceptors (Lipinski definition) is 5. The largest absolute Gasteiger partial charge is 0.487 e. The molecule has 6 nitrogen and oxygen atoms in total. The Kier molecular flexibility index (Phi) is 5.48. The first kappa shape index (κ1) is 18.5. The number of ether oxygens (including phenoxy) is 2. The Bertz CT molecular complexity index is 752. The summed E-state index contributed by atoms with van der Waals surface area (Å²) < 4.78 is 13.7. The molecule has 146 valence electrons. The molecule has 1 N–H and O–H groups in total. The van der Waals surface area contributed by atoms with E-state index in [1.54, 1.807) is 7.11 Å². The molecule has 27 heavy (non-hydrogen) atoms. The molecular weight excluding hydrogens is 340 g/mol. The smallest absolute Gasteiger partial charge is 0.124 e. The molecule has 1 fully saturated rings. The van der Waals surface area contributed by atoms with Crippen LogP contribution in [0.5, 0.6) is 5.75 Å². The third-order valence-corrected chi connectivity index (χ3v) is 5.89. The zero-order chi connectivity index (χ0) is 18.7. The Hall–Kier alpha value is -1.89. The molecule has 1 aromatic heterocycles. The number of nitrogens with zero attached hydrogens (tertiary/aromatic N) is 3. The van der Waals surface area contributed by atoms with E-state index in [2.05, 4.69) is 45.8 Å². The molecule has 1 atom stereocenters. The summed E-state index contributed by atoms with van der Waals surface area (Å²) in [7, 11) is 3.73. The summed E-state index contributed by atoms with van der Waals surface area (Å²) in [6.07, 6.45) is 7.15. The molecule has 1 saturated heterocycles. The van der Waals surface area contributed by atoms with E-state index >= 15 is 0 Å². The van der Waals surface area contributed by atoms with Crippen LogP contribution in [0.1, 0.15) is 36.4 Å². The van der Waals surface area contributed by atoms with E-state index in [0.717, 1.165) is 57.8 Å². The van der Waals surface area contributed by atoms with Crippen LogP contribution in [0.25, 0.3) is 0 Å². The van der Waals surface area contributed by atoms with Crippen molar-refractivity contribution < 1.29 is 9.47 Å². The molecule has 6 heteroatoms. The molecule has 1 spiro atoms. The highest BCUT2D eigenvalue weighted by atomic mass is 16.5. The Morgan fingerprint density at radius 1 is 1.30 bits per heavy atom. The summed E-state index contributed by atoms with van der Waals surface area (Å²) in [4.78, 5) is 2.48. The highest BCUT2D eigenvalue weighted by Gasteiger charge is 2.42. The number of hydrogen-bond donors (Lipinski definition) is 1. The Morgan fingerprint density at radius 3 is 2.85 bits per heavy atom.